The molecule has 3 heterocycles. The molecule has 2 atom stereocenters. The van der Waals surface area contributed by atoms with E-state index in [2.05, 4.69) is 41.0 Å². The number of carbonyl (C=O) groups is 1. The Morgan fingerprint density at radius 1 is 1.13 bits per heavy atom. The molecule has 2 aromatic rings. The Morgan fingerprint density at radius 2 is 1.90 bits per heavy atom. The molecule has 0 aliphatic carbocycles. The molecule has 1 amide bonds. The molecule has 164 valence electrons. The Balaban J connectivity index is 1.81. The van der Waals surface area contributed by atoms with Gasteiger partial charge in [0.1, 0.15) is 12.4 Å². The summed E-state index contributed by atoms with van der Waals surface area (Å²) in [6.45, 7) is 10.4. The Hall–Kier alpha value is -2.28. The fraction of sp³-hybridized carbons (Fsp3) is 0.652. The highest BCUT2D eigenvalue weighted by Crippen LogP contribution is 2.25. The number of carbonyl (C=O) groups excluding carboxylic acids is 1. The Labute approximate surface area is 180 Å². The second-order valence-electron chi connectivity index (χ2n) is 8.94. The molecule has 1 N–H and O–H groups in total. The van der Waals surface area contributed by atoms with E-state index in [0.29, 0.717) is 11.9 Å². The van der Waals surface area contributed by atoms with Crippen molar-refractivity contribution >= 4 is 5.91 Å². The molecule has 0 bridgehead atoms. The third-order valence-electron chi connectivity index (χ3n) is 5.69. The van der Waals surface area contributed by atoms with Crippen molar-refractivity contribution in [3.05, 3.63) is 36.2 Å². The van der Waals surface area contributed by atoms with Gasteiger partial charge in [-0.2, -0.15) is 0 Å². The van der Waals surface area contributed by atoms with Crippen LogP contribution in [0.4, 0.5) is 0 Å². The van der Waals surface area contributed by atoms with Crippen LogP contribution in [0.2, 0.25) is 0 Å². The SMILES string of the molecule is Cc1cc(C(C(=O)NC(C)CCCC(C)C)N2CCCCC2)nc(-n2ccnc2)n1. The van der Waals surface area contributed by atoms with E-state index in [1.165, 1.54) is 12.8 Å². The van der Waals surface area contributed by atoms with Crippen LogP contribution in [0.3, 0.4) is 0 Å². The minimum atomic E-state index is -0.387. The van der Waals surface area contributed by atoms with Crippen molar-refractivity contribution < 1.29 is 4.79 Å². The summed E-state index contributed by atoms with van der Waals surface area (Å²) in [5.74, 6) is 1.30. The molecular formula is C23H36N6O. The number of nitrogens with zero attached hydrogens (tertiary/aromatic N) is 5. The number of aryl methyl sites for hydroxylation is 1. The lowest BCUT2D eigenvalue weighted by molar-refractivity contribution is -0.128. The number of aromatic nitrogens is 4. The monoisotopic (exact) mass is 412 g/mol. The van der Waals surface area contributed by atoms with Crippen molar-refractivity contribution in [3.63, 3.8) is 0 Å². The molecule has 1 aliphatic rings. The van der Waals surface area contributed by atoms with E-state index in [0.717, 1.165) is 50.2 Å². The van der Waals surface area contributed by atoms with Gasteiger partial charge in [-0.05, 0) is 58.2 Å². The van der Waals surface area contributed by atoms with Crippen LogP contribution in [0, 0.1) is 12.8 Å². The van der Waals surface area contributed by atoms with Crippen molar-refractivity contribution in [2.24, 2.45) is 5.92 Å². The lowest BCUT2D eigenvalue weighted by Crippen LogP contribution is -2.45. The van der Waals surface area contributed by atoms with Crippen LogP contribution >= 0.6 is 0 Å². The van der Waals surface area contributed by atoms with Gasteiger partial charge in [0.25, 0.3) is 0 Å². The van der Waals surface area contributed by atoms with Crippen LogP contribution in [0.15, 0.2) is 24.8 Å². The minimum absolute atomic E-state index is 0.0450. The van der Waals surface area contributed by atoms with Crippen molar-refractivity contribution in [2.75, 3.05) is 13.1 Å². The van der Waals surface area contributed by atoms with E-state index in [1.807, 2.05) is 19.2 Å². The minimum Gasteiger partial charge on any atom is -0.352 e. The first-order chi connectivity index (χ1) is 14.4. The topological polar surface area (TPSA) is 75.9 Å². The molecule has 1 aliphatic heterocycles. The molecule has 7 nitrogen and oxygen atoms in total. The maximum absolute atomic E-state index is 13.4. The standard InChI is InChI=1S/C23H36N6O/c1-17(2)9-8-10-18(3)25-22(30)21(28-12-6-5-7-13-28)20-15-19(4)26-23(27-20)29-14-11-24-16-29/h11,14-18,21H,5-10,12-13H2,1-4H3,(H,25,30). The third kappa shape index (κ3) is 6.11. The number of likely N-dealkylation sites (tertiary alicyclic amines) is 1. The van der Waals surface area contributed by atoms with Gasteiger partial charge >= 0.3 is 0 Å². The van der Waals surface area contributed by atoms with Gasteiger partial charge < -0.3 is 5.32 Å². The summed E-state index contributed by atoms with van der Waals surface area (Å²) in [4.78, 5) is 29.1. The van der Waals surface area contributed by atoms with E-state index in [9.17, 15) is 4.79 Å². The van der Waals surface area contributed by atoms with Crippen molar-refractivity contribution in [1.29, 1.82) is 0 Å². The van der Waals surface area contributed by atoms with Gasteiger partial charge in [-0.15, -0.1) is 0 Å². The zero-order valence-corrected chi connectivity index (χ0v) is 18.8. The Bertz CT molecular complexity index is 798. The second-order valence-corrected chi connectivity index (χ2v) is 8.94. The van der Waals surface area contributed by atoms with Crippen LogP contribution in [0.25, 0.3) is 5.95 Å². The number of hydrogen-bond acceptors (Lipinski definition) is 5. The smallest absolute Gasteiger partial charge is 0.243 e. The summed E-state index contributed by atoms with van der Waals surface area (Å²) >= 11 is 0. The molecular weight excluding hydrogens is 376 g/mol. The third-order valence-corrected chi connectivity index (χ3v) is 5.69. The quantitative estimate of drug-likeness (QED) is 0.677. The lowest BCUT2D eigenvalue weighted by atomic mass is 10.0. The lowest BCUT2D eigenvalue weighted by Gasteiger charge is -2.34. The van der Waals surface area contributed by atoms with E-state index >= 15 is 0 Å². The van der Waals surface area contributed by atoms with Gasteiger partial charge in [0.05, 0.1) is 5.69 Å². The molecule has 2 unspecified atom stereocenters. The molecule has 1 saturated heterocycles. The maximum atomic E-state index is 13.4. The number of hydrogen-bond donors (Lipinski definition) is 1. The number of amides is 1. The van der Waals surface area contributed by atoms with Crippen molar-refractivity contribution in [3.8, 4) is 5.95 Å². The molecule has 30 heavy (non-hydrogen) atoms. The van der Waals surface area contributed by atoms with Gasteiger partial charge in [0.2, 0.25) is 11.9 Å². The van der Waals surface area contributed by atoms with Crippen LogP contribution in [-0.2, 0) is 4.79 Å². The summed E-state index contributed by atoms with van der Waals surface area (Å²) in [7, 11) is 0. The van der Waals surface area contributed by atoms with Crippen LogP contribution in [0.5, 0.6) is 0 Å². The van der Waals surface area contributed by atoms with Crippen LogP contribution in [0.1, 0.15) is 76.7 Å². The highest BCUT2D eigenvalue weighted by molar-refractivity contribution is 5.83. The molecule has 2 aromatic heterocycles. The largest absolute Gasteiger partial charge is 0.352 e. The fourth-order valence-electron chi connectivity index (χ4n) is 4.10. The average Bonchev–Trinajstić information content (AvgIpc) is 3.23. The van der Waals surface area contributed by atoms with Gasteiger partial charge in [-0.3, -0.25) is 14.3 Å². The molecule has 0 radical (unpaired) electrons. The van der Waals surface area contributed by atoms with Gasteiger partial charge in [-0.1, -0.05) is 33.1 Å². The van der Waals surface area contributed by atoms with E-state index < -0.39 is 0 Å². The molecule has 1 fully saturated rings. The molecule has 0 aromatic carbocycles. The Kier molecular flexibility index (Phi) is 7.96. The predicted octanol–water partition coefficient (Wildman–Crippen LogP) is 3.83. The highest BCUT2D eigenvalue weighted by Gasteiger charge is 2.31. The maximum Gasteiger partial charge on any atom is 0.243 e. The fourth-order valence-corrected chi connectivity index (χ4v) is 4.10. The number of piperidine rings is 1. The zero-order chi connectivity index (χ0) is 21.5. The summed E-state index contributed by atoms with van der Waals surface area (Å²) in [5, 5.41) is 3.26. The molecule has 7 heteroatoms. The summed E-state index contributed by atoms with van der Waals surface area (Å²) in [6, 6.07) is 1.71. The number of nitrogens with one attached hydrogen (secondary N) is 1. The van der Waals surface area contributed by atoms with Crippen LogP contribution < -0.4 is 5.32 Å². The molecule has 0 saturated carbocycles. The average molecular weight is 413 g/mol. The highest BCUT2D eigenvalue weighted by atomic mass is 16.2. The van der Waals surface area contributed by atoms with Gasteiger partial charge in [0.15, 0.2) is 0 Å². The summed E-state index contributed by atoms with van der Waals surface area (Å²) in [5.41, 5.74) is 1.61. The number of imidazole rings is 1. The first kappa shape index (κ1) is 22.4. The number of rotatable bonds is 9. The summed E-state index contributed by atoms with van der Waals surface area (Å²) in [6.07, 6.45) is 12.0. The first-order valence-corrected chi connectivity index (χ1v) is 11.3. The van der Waals surface area contributed by atoms with E-state index in [4.69, 9.17) is 4.98 Å². The van der Waals surface area contributed by atoms with Crippen LogP contribution in [-0.4, -0.2) is 49.5 Å². The Morgan fingerprint density at radius 3 is 2.57 bits per heavy atom. The van der Waals surface area contributed by atoms with Gasteiger partial charge in [-0.25, -0.2) is 15.0 Å². The van der Waals surface area contributed by atoms with Crippen molar-refractivity contribution in [2.45, 2.75) is 78.3 Å². The van der Waals surface area contributed by atoms with E-state index in [-0.39, 0.29) is 18.0 Å². The first-order valence-electron chi connectivity index (χ1n) is 11.3. The second kappa shape index (κ2) is 10.7. The normalized spacial score (nSPS) is 17.1. The predicted molar refractivity (Wildman–Crippen MR) is 118 cm³/mol. The summed E-state index contributed by atoms with van der Waals surface area (Å²) < 4.78 is 1.79. The van der Waals surface area contributed by atoms with Gasteiger partial charge in [0, 0.05) is 24.1 Å². The van der Waals surface area contributed by atoms with Crippen molar-refractivity contribution in [1.82, 2.24) is 29.7 Å². The molecule has 3 rings (SSSR count). The molecule has 0 spiro atoms. The zero-order valence-electron chi connectivity index (χ0n) is 18.8. The van der Waals surface area contributed by atoms with E-state index in [1.54, 1.807) is 17.1 Å².